The summed E-state index contributed by atoms with van der Waals surface area (Å²) in [4.78, 5) is 0. The fourth-order valence-corrected chi connectivity index (χ4v) is 17.0. The first-order valence-electron chi connectivity index (χ1n) is 8.58. The van der Waals surface area contributed by atoms with Crippen LogP contribution in [0.1, 0.15) is 64.2 Å². The van der Waals surface area contributed by atoms with E-state index in [-0.39, 0.29) is 4.70 Å². The summed E-state index contributed by atoms with van der Waals surface area (Å²) in [7, 11) is 0. The van der Waals surface area contributed by atoms with Crippen LogP contribution >= 0.6 is 23.2 Å². The van der Waals surface area contributed by atoms with Gasteiger partial charge >= 0.3 is 147 Å². The van der Waals surface area contributed by atoms with Crippen molar-refractivity contribution in [3.05, 3.63) is 28.2 Å². The Morgan fingerprint density at radius 3 is 1.68 bits per heavy atom. The third kappa shape index (κ3) is 4.54. The van der Waals surface area contributed by atoms with E-state index in [1.807, 2.05) is 6.07 Å². The van der Waals surface area contributed by atoms with Crippen LogP contribution in [0.5, 0.6) is 0 Å². The van der Waals surface area contributed by atoms with Gasteiger partial charge in [0, 0.05) is 0 Å². The second kappa shape index (κ2) is 9.13. The Morgan fingerprint density at radius 1 is 0.727 bits per heavy atom. The minimum absolute atomic E-state index is 0. The zero-order chi connectivity index (χ0) is 14.7. The smallest absolute Gasteiger partial charge is 0.269 e. The van der Waals surface area contributed by atoms with Gasteiger partial charge in [-0.3, -0.25) is 4.70 Å². The number of hydrogen-bond acceptors (Lipinski definition) is 0. The maximum Gasteiger partial charge on any atom is -0.269 e. The molecule has 0 amide bonds. The first-order valence-corrected chi connectivity index (χ1v) is 14.1. The Labute approximate surface area is 151 Å². The SMILES string of the molecule is Clc1cc[c]([Sn]([CH]2CCCCC2)[CH]2CCCCC2)cc1Cl.F. The van der Waals surface area contributed by atoms with E-state index in [4.69, 9.17) is 23.2 Å². The van der Waals surface area contributed by atoms with Gasteiger partial charge in [-0.05, 0) is 0 Å². The van der Waals surface area contributed by atoms with E-state index in [0.29, 0.717) is 0 Å². The second-order valence-corrected chi connectivity index (χ2v) is 16.5. The molecule has 1 radical (unpaired) electrons. The molecule has 0 atom stereocenters. The van der Waals surface area contributed by atoms with Crippen LogP contribution in [-0.2, 0) is 0 Å². The largest absolute Gasteiger partial charge is 0.269 e. The molecular formula is C18H26Cl2FSn. The molecule has 22 heavy (non-hydrogen) atoms. The van der Waals surface area contributed by atoms with E-state index >= 15 is 0 Å². The summed E-state index contributed by atoms with van der Waals surface area (Å²) in [5.41, 5.74) is 0. The fourth-order valence-electron chi connectivity index (χ4n) is 4.31. The molecule has 0 heterocycles. The van der Waals surface area contributed by atoms with Crippen molar-refractivity contribution in [2.24, 2.45) is 0 Å². The average molecular weight is 451 g/mol. The quantitative estimate of drug-likeness (QED) is 0.460. The Hall–Kier alpha value is 0.529. The number of halogens is 3. The molecule has 2 aliphatic rings. The first-order chi connectivity index (χ1) is 10.3. The van der Waals surface area contributed by atoms with Crippen LogP contribution in [0.2, 0.25) is 17.9 Å². The van der Waals surface area contributed by atoms with Crippen LogP contribution in [0.15, 0.2) is 18.2 Å². The van der Waals surface area contributed by atoms with Crippen molar-refractivity contribution in [1.82, 2.24) is 0 Å². The predicted molar refractivity (Wildman–Crippen MR) is 98.0 cm³/mol. The summed E-state index contributed by atoms with van der Waals surface area (Å²) in [5.74, 6) is 0. The Balaban J connectivity index is 0.00000176. The van der Waals surface area contributed by atoms with E-state index in [1.54, 1.807) is 3.58 Å². The molecule has 1 aromatic rings. The van der Waals surface area contributed by atoms with Crippen molar-refractivity contribution in [2.75, 3.05) is 0 Å². The van der Waals surface area contributed by atoms with Crippen LogP contribution in [0.4, 0.5) is 4.70 Å². The van der Waals surface area contributed by atoms with Gasteiger partial charge in [0.1, 0.15) is 0 Å². The van der Waals surface area contributed by atoms with Crippen molar-refractivity contribution in [3.8, 4) is 0 Å². The monoisotopic (exact) mass is 451 g/mol. The van der Waals surface area contributed by atoms with E-state index in [9.17, 15) is 0 Å². The van der Waals surface area contributed by atoms with Gasteiger partial charge in [-0.25, -0.2) is 0 Å². The van der Waals surface area contributed by atoms with Gasteiger partial charge in [0.15, 0.2) is 0 Å². The maximum atomic E-state index is 6.34. The van der Waals surface area contributed by atoms with Gasteiger partial charge < -0.3 is 0 Å². The van der Waals surface area contributed by atoms with Crippen LogP contribution in [0.3, 0.4) is 0 Å². The summed E-state index contributed by atoms with van der Waals surface area (Å²) in [6, 6.07) is 6.61. The molecule has 0 spiro atoms. The second-order valence-electron chi connectivity index (χ2n) is 6.75. The molecule has 0 aliphatic heterocycles. The molecule has 2 aliphatic carbocycles. The Morgan fingerprint density at radius 2 is 1.23 bits per heavy atom. The van der Waals surface area contributed by atoms with Gasteiger partial charge in [-0.15, -0.1) is 0 Å². The zero-order valence-electron chi connectivity index (χ0n) is 13.1. The van der Waals surface area contributed by atoms with Crippen molar-refractivity contribution >= 4 is 46.5 Å². The van der Waals surface area contributed by atoms with E-state index < -0.39 is 19.8 Å². The van der Waals surface area contributed by atoms with Crippen molar-refractivity contribution in [3.63, 3.8) is 0 Å². The predicted octanol–water partition coefficient (Wildman–Crippen LogP) is 6.52. The van der Waals surface area contributed by atoms with Gasteiger partial charge in [-0.2, -0.15) is 0 Å². The molecule has 0 saturated heterocycles. The number of benzene rings is 1. The molecule has 0 aromatic heterocycles. The van der Waals surface area contributed by atoms with Crippen LogP contribution in [-0.4, -0.2) is 19.8 Å². The van der Waals surface area contributed by atoms with Gasteiger partial charge in [0.2, 0.25) is 0 Å². The normalized spacial score (nSPS) is 20.9. The molecule has 123 valence electrons. The summed E-state index contributed by atoms with van der Waals surface area (Å²) < 4.78 is 3.76. The summed E-state index contributed by atoms with van der Waals surface area (Å²) in [6.07, 6.45) is 14.7. The Kier molecular flexibility index (Phi) is 7.82. The summed E-state index contributed by atoms with van der Waals surface area (Å²) >= 11 is 10.8. The maximum absolute atomic E-state index is 6.34. The summed E-state index contributed by atoms with van der Waals surface area (Å²) in [6.45, 7) is 0. The molecule has 0 unspecified atom stereocenters. The molecule has 4 heteroatoms. The third-order valence-corrected chi connectivity index (χ3v) is 17.2. The standard InChI is InChI=1S/C6H3Cl2.2C6H11.FH.Sn/c7-5-3-1-2-4-6(5)8;2*1-2-4-6-5-3-1;;/h1,3-4H;2*1H,2-6H2;1H;. The first kappa shape index (κ1) is 18.9. The van der Waals surface area contributed by atoms with Crippen molar-refractivity contribution in [2.45, 2.75) is 72.1 Å². The topological polar surface area (TPSA) is 0 Å². The molecule has 2 saturated carbocycles. The molecule has 3 rings (SSSR count). The minimum Gasteiger partial charge on any atom is -0.269 e. The van der Waals surface area contributed by atoms with Gasteiger partial charge in [-0.1, -0.05) is 0 Å². The zero-order valence-corrected chi connectivity index (χ0v) is 17.5. The van der Waals surface area contributed by atoms with Crippen molar-refractivity contribution in [1.29, 1.82) is 0 Å². The molecule has 0 bridgehead atoms. The van der Waals surface area contributed by atoms with Crippen molar-refractivity contribution < 1.29 is 4.70 Å². The molecule has 0 N–H and O–H groups in total. The van der Waals surface area contributed by atoms with Crippen LogP contribution < -0.4 is 3.58 Å². The van der Waals surface area contributed by atoms with E-state index in [1.165, 1.54) is 64.2 Å². The molecule has 1 aromatic carbocycles. The fraction of sp³-hybridized carbons (Fsp3) is 0.667. The average Bonchev–Trinajstić information content (AvgIpc) is 2.53. The Bertz CT molecular complexity index is 450. The molecule has 0 nitrogen and oxygen atoms in total. The summed E-state index contributed by atoms with van der Waals surface area (Å²) in [5, 5.41) is 1.49. The molecule has 2 fully saturated rings. The minimum atomic E-state index is -1.64. The number of hydrogen-bond donors (Lipinski definition) is 0. The van der Waals surface area contributed by atoms with Gasteiger partial charge in [0.05, 0.1) is 0 Å². The van der Waals surface area contributed by atoms with E-state index in [0.717, 1.165) is 17.9 Å². The number of rotatable bonds is 3. The molecular weight excluding hydrogens is 425 g/mol. The van der Waals surface area contributed by atoms with Crippen LogP contribution in [0.25, 0.3) is 0 Å². The van der Waals surface area contributed by atoms with E-state index in [2.05, 4.69) is 12.1 Å². The van der Waals surface area contributed by atoms with Gasteiger partial charge in [0.25, 0.3) is 0 Å². The van der Waals surface area contributed by atoms with Crippen LogP contribution in [0, 0.1) is 0 Å². The third-order valence-electron chi connectivity index (χ3n) is 5.34.